The van der Waals surface area contributed by atoms with Crippen molar-refractivity contribution < 1.29 is 19.1 Å². The van der Waals surface area contributed by atoms with Crippen molar-refractivity contribution in [1.82, 2.24) is 20.1 Å². The Balaban J connectivity index is 1.58. The molecule has 0 radical (unpaired) electrons. The number of esters is 1. The van der Waals surface area contributed by atoms with Gasteiger partial charge in [0.15, 0.2) is 0 Å². The van der Waals surface area contributed by atoms with Gasteiger partial charge in [0.25, 0.3) is 0 Å². The number of urea groups is 1. The van der Waals surface area contributed by atoms with Crippen LogP contribution in [0.1, 0.15) is 42.5 Å². The van der Waals surface area contributed by atoms with Crippen molar-refractivity contribution in [3.8, 4) is 0 Å². The molecule has 180 valence electrons. The van der Waals surface area contributed by atoms with Crippen LogP contribution in [0.25, 0.3) is 0 Å². The highest BCUT2D eigenvalue weighted by Crippen LogP contribution is 2.19. The van der Waals surface area contributed by atoms with Gasteiger partial charge >= 0.3 is 12.0 Å². The van der Waals surface area contributed by atoms with E-state index in [4.69, 9.17) is 9.47 Å². The first-order valence-corrected chi connectivity index (χ1v) is 12.3. The molecule has 1 atom stereocenters. The summed E-state index contributed by atoms with van der Waals surface area (Å²) in [6, 6.07) is 8.48. The largest absolute Gasteiger partial charge is 0.459 e. The van der Waals surface area contributed by atoms with Crippen LogP contribution in [0, 0.1) is 0 Å². The molecule has 1 N–H and O–H groups in total. The Bertz CT molecular complexity index is 884. The molecule has 1 aliphatic heterocycles. The van der Waals surface area contributed by atoms with E-state index in [1.165, 1.54) is 0 Å². The zero-order chi connectivity index (χ0) is 23.6. The summed E-state index contributed by atoms with van der Waals surface area (Å²) in [6.07, 6.45) is 0.474. The fourth-order valence-corrected chi connectivity index (χ4v) is 4.28. The monoisotopic (exact) mass is 474 g/mol. The number of benzene rings is 1. The van der Waals surface area contributed by atoms with Crippen molar-refractivity contribution in [1.29, 1.82) is 0 Å². The highest BCUT2D eigenvalue weighted by Gasteiger charge is 2.25. The maximum absolute atomic E-state index is 12.9. The summed E-state index contributed by atoms with van der Waals surface area (Å²) < 4.78 is 10.9. The number of amides is 2. The van der Waals surface area contributed by atoms with Crippen LogP contribution in [-0.2, 0) is 27.4 Å². The highest BCUT2D eigenvalue weighted by atomic mass is 32.1. The summed E-state index contributed by atoms with van der Waals surface area (Å²) in [5, 5.41) is 5.90. The van der Waals surface area contributed by atoms with Gasteiger partial charge in [-0.3, -0.25) is 4.90 Å². The van der Waals surface area contributed by atoms with Crippen LogP contribution in [0.3, 0.4) is 0 Å². The third kappa shape index (κ3) is 8.10. The van der Waals surface area contributed by atoms with E-state index in [1.807, 2.05) is 35.7 Å². The summed E-state index contributed by atoms with van der Waals surface area (Å²) >= 11 is 1.60. The van der Waals surface area contributed by atoms with Crippen LogP contribution in [-0.4, -0.2) is 72.7 Å². The second-order valence-corrected chi connectivity index (χ2v) is 9.42. The molecule has 1 saturated heterocycles. The molecule has 1 aromatic carbocycles. The van der Waals surface area contributed by atoms with Crippen molar-refractivity contribution in [3.05, 3.63) is 52.0 Å². The number of rotatable bonds is 10. The molecule has 0 saturated carbocycles. The first-order valence-electron chi connectivity index (χ1n) is 11.4. The van der Waals surface area contributed by atoms with Gasteiger partial charge in [0.05, 0.1) is 30.5 Å². The Morgan fingerprint density at radius 3 is 2.64 bits per heavy atom. The van der Waals surface area contributed by atoms with Gasteiger partial charge in [0.2, 0.25) is 0 Å². The minimum absolute atomic E-state index is 0.177. The molecule has 0 bridgehead atoms. The van der Waals surface area contributed by atoms with E-state index in [-0.39, 0.29) is 12.6 Å². The summed E-state index contributed by atoms with van der Waals surface area (Å²) in [6.45, 7) is 8.44. The third-order valence-electron chi connectivity index (χ3n) is 5.45. The summed E-state index contributed by atoms with van der Waals surface area (Å²) in [7, 11) is 1.71. The molecule has 8 nitrogen and oxygen atoms in total. The second kappa shape index (κ2) is 12.7. The average molecular weight is 475 g/mol. The fourth-order valence-electron chi connectivity index (χ4n) is 3.45. The minimum atomic E-state index is -0.729. The number of carbonyl (C=O) groups is 2. The van der Waals surface area contributed by atoms with E-state index in [0.29, 0.717) is 38.6 Å². The predicted octanol–water partition coefficient (Wildman–Crippen LogP) is 3.24. The first-order chi connectivity index (χ1) is 15.9. The zero-order valence-corrected chi connectivity index (χ0v) is 20.5. The Morgan fingerprint density at radius 2 is 1.97 bits per heavy atom. The van der Waals surface area contributed by atoms with Gasteiger partial charge in [-0.25, -0.2) is 14.6 Å². The van der Waals surface area contributed by atoms with Crippen molar-refractivity contribution in [2.75, 3.05) is 39.9 Å². The van der Waals surface area contributed by atoms with Gasteiger partial charge in [-0.05, 0) is 12.0 Å². The van der Waals surface area contributed by atoms with Crippen LogP contribution in [0.15, 0.2) is 35.7 Å². The van der Waals surface area contributed by atoms with Crippen LogP contribution in [0.5, 0.6) is 0 Å². The number of aromatic nitrogens is 1. The lowest BCUT2D eigenvalue weighted by atomic mass is 10.2. The van der Waals surface area contributed by atoms with Gasteiger partial charge in [-0.2, -0.15) is 0 Å². The fraction of sp³-hybridized carbons (Fsp3) is 0.542. The smallest absolute Gasteiger partial charge is 0.329 e. The number of nitrogens with one attached hydrogen (secondary N) is 1. The van der Waals surface area contributed by atoms with Gasteiger partial charge in [0, 0.05) is 38.0 Å². The van der Waals surface area contributed by atoms with Crippen LogP contribution in [0.4, 0.5) is 4.79 Å². The molecule has 0 aliphatic carbocycles. The van der Waals surface area contributed by atoms with E-state index in [0.717, 1.165) is 29.4 Å². The molecule has 0 spiro atoms. The number of ether oxygens (including phenoxy) is 2. The van der Waals surface area contributed by atoms with Crippen LogP contribution in [0.2, 0.25) is 0 Å². The average Bonchev–Trinajstić information content (AvgIpc) is 3.30. The number of thiazole rings is 1. The number of hydrogen-bond donors (Lipinski definition) is 1. The van der Waals surface area contributed by atoms with Gasteiger partial charge < -0.3 is 19.7 Å². The van der Waals surface area contributed by atoms with E-state index in [1.54, 1.807) is 23.3 Å². The Kier molecular flexibility index (Phi) is 9.65. The lowest BCUT2D eigenvalue weighted by molar-refractivity contribution is -0.147. The van der Waals surface area contributed by atoms with Crippen molar-refractivity contribution in [2.24, 2.45) is 0 Å². The van der Waals surface area contributed by atoms with Gasteiger partial charge in [-0.1, -0.05) is 44.2 Å². The molecule has 0 unspecified atom stereocenters. The van der Waals surface area contributed by atoms with E-state index in [2.05, 4.69) is 29.0 Å². The molecule has 33 heavy (non-hydrogen) atoms. The molecule has 9 heteroatoms. The maximum Gasteiger partial charge on any atom is 0.329 e. The number of nitrogens with zero attached hydrogens (tertiary/aromatic N) is 3. The van der Waals surface area contributed by atoms with E-state index in [9.17, 15) is 9.59 Å². The van der Waals surface area contributed by atoms with Crippen molar-refractivity contribution >= 4 is 23.3 Å². The number of morpholine rings is 1. The predicted molar refractivity (Wildman–Crippen MR) is 128 cm³/mol. The molecule has 1 aromatic heterocycles. The lowest BCUT2D eigenvalue weighted by Crippen LogP contribution is -2.49. The minimum Gasteiger partial charge on any atom is -0.459 e. The molecule has 1 fully saturated rings. The molecule has 1 aliphatic rings. The summed E-state index contributed by atoms with van der Waals surface area (Å²) in [5.74, 6) is -0.0727. The van der Waals surface area contributed by atoms with E-state index < -0.39 is 12.0 Å². The van der Waals surface area contributed by atoms with Crippen molar-refractivity contribution in [2.45, 2.75) is 45.4 Å². The summed E-state index contributed by atoms with van der Waals surface area (Å²) in [4.78, 5) is 34.1. The Labute approximate surface area is 199 Å². The number of hydrogen-bond acceptors (Lipinski definition) is 7. The Hall–Kier alpha value is -2.49. The van der Waals surface area contributed by atoms with Crippen molar-refractivity contribution in [3.63, 3.8) is 0 Å². The first kappa shape index (κ1) is 25.1. The molecule has 2 amide bonds. The third-order valence-corrected chi connectivity index (χ3v) is 6.65. The van der Waals surface area contributed by atoms with Crippen LogP contribution >= 0.6 is 11.3 Å². The standard InChI is InChI=1S/C24H34N4O4S/c1-18(2)22-25-20(17-33-22)15-27(3)24(30)26-21(9-10-28-11-13-31-14-12-28)23(29)32-16-19-7-5-4-6-8-19/h4-8,17-18,21H,9-16H2,1-3H3,(H,26,30)/t21-/m0/s1. The zero-order valence-electron chi connectivity index (χ0n) is 19.7. The van der Waals surface area contributed by atoms with Crippen LogP contribution < -0.4 is 5.32 Å². The maximum atomic E-state index is 12.9. The molecular weight excluding hydrogens is 440 g/mol. The second-order valence-electron chi connectivity index (χ2n) is 8.53. The topological polar surface area (TPSA) is 84.0 Å². The van der Waals surface area contributed by atoms with Gasteiger partial charge in [-0.15, -0.1) is 11.3 Å². The highest BCUT2D eigenvalue weighted by molar-refractivity contribution is 7.09. The van der Waals surface area contributed by atoms with Gasteiger partial charge in [0.1, 0.15) is 12.6 Å². The molecule has 3 rings (SSSR count). The summed E-state index contributed by atoms with van der Waals surface area (Å²) in [5.41, 5.74) is 1.75. The van der Waals surface area contributed by atoms with E-state index >= 15 is 0 Å². The molecule has 2 heterocycles. The SMILES string of the molecule is CC(C)c1nc(CN(C)C(=O)N[C@@H](CCN2CCOCC2)C(=O)OCc2ccccc2)cs1. The quantitative estimate of drug-likeness (QED) is 0.532. The lowest BCUT2D eigenvalue weighted by Gasteiger charge is -2.28. The molecule has 2 aromatic rings. The normalized spacial score (nSPS) is 15.3. The number of carbonyl (C=O) groups excluding carboxylic acids is 2. The Morgan fingerprint density at radius 1 is 1.24 bits per heavy atom. The molecular formula is C24H34N4O4S.